The SMILES string of the molecule is Cc1cc(C)cc(NC(=O)c2ccc(N)nn2)c1. The van der Waals surface area contributed by atoms with Gasteiger partial charge in [-0.2, -0.15) is 0 Å². The van der Waals surface area contributed by atoms with Gasteiger partial charge in [0.2, 0.25) is 0 Å². The summed E-state index contributed by atoms with van der Waals surface area (Å²) in [4.78, 5) is 11.9. The molecule has 1 heterocycles. The summed E-state index contributed by atoms with van der Waals surface area (Å²) in [6.45, 7) is 3.96. The summed E-state index contributed by atoms with van der Waals surface area (Å²) in [5.41, 5.74) is 8.58. The van der Waals surface area contributed by atoms with Crippen LogP contribution in [0.5, 0.6) is 0 Å². The lowest BCUT2D eigenvalue weighted by molar-refractivity contribution is 0.102. The standard InChI is InChI=1S/C13H14N4O/c1-8-5-9(2)7-10(6-8)15-13(18)11-3-4-12(14)17-16-11/h3-7H,1-2H3,(H2,14,17)(H,15,18). The molecule has 1 aromatic heterocycles. The Labute approximate surface area is 105 Å². The Balaban J connectivity index is 2.18. The number of carbonyl (C=O) groups excluding carboxylic acids is 1. The van der Waals surface area contributed by atoms with Crippen LogP contribution in [0.1, 0.15) is 21.6 Å². The van der Waals surface area contributed by atoms with Crippen molar-refractivity contribution in [2.45, 2.75) is 13.8 Å². The minimum atomic E-state index is -0.299. The van der Waals surface area contributed by atoms with Crippen LogP contribution in [-0.4, -0.2) is 16.1 Å². The molecule has 5 nitrogen and oxygen atoms in total. The zero-order valence-corrected chi connectivity index (χ0v) is 10.3. The molecule has 0 saturated carbocycles. The molecule has 0 fully saturated rings. The van der Waals surface area contributed by atoms with Crippen molar-refractivity contribution < 1.29 is 4.79 Å². The van der Waals surface area contributed by atoms with Gasteiger partial charge in [0.15, 0.2) is 5.69 Å². The van der Waals surface area contributed by atoms with Crippen LogP contribution in [0.4, 0.5) is 11.5 Å². The Hall–Kier alpha value is -2.43. The summed E-state index contributed by atoms with van der Waals surface area (Å²) in [7, 11) is 0. The molecule has 0 aliphatic heterocycles. The summed E-state index contributed by atoms with van der Waals surface area (Å²) in [5.74, 6) is -0.00884. The fourth-order valence-electron chi connectivity index (χ4n) is 1.71. The van der Waals surface area contributed by atoms with Crippen molar-refractivity contribution in [3.63, 3.8) is 0 Å². The Kier molecular flexibility index (Phi) is 3.23. The Bertz CT molecular complexity index is 558. The third-order valence-corrected chi connectivity index (χ3v) is 2.40. The van der Waals surface area contributed by atoms with E-state index in [2.05, 4.69) is 15.5 Å². The Morgan fingerprint density at radius 3 is 2.33 bits per heavy atom. The number of hydrogen-bond acceptors (Lipinski definition) is 4. The number of anilines is 2. The minimum absolute atomic E-state index is 0.239. The van der Waals surface area contributed by atoms with Gasteiger partial charge in [-0.05, 0) is 49.2 Å². The zero-order valence-electron chi connectivity index (χ0n) is 10.3. The van der Waals surface area contributed by atoms with E-state index >= 15 is 0 Å². The lowest BCUT2D eigenvalue weighted by Crippen LogP contribution is -2.14. The molecular formula is C13H14N4O. The fourth-order valence-corrected chi connectivity index (χ4v) is 1.71. The maximum absolute atomic E-state index is 11.9. The van der Waals surface area contributed by atoms with Crippen molar-refractivity contribution in [3.05, 3.63) is 47.2 Å². The third kappa shape index (κ3) is 2.82. The number of aromatic nitrogens is 2. The lowest BCUT2D eigenvalue weighted by Gasteiger charge is -2.06. The molecule has 0 spiro atoms. The molecule has 2 rings (SSSR count). The van der Waals surface area contributed by atoms with Crippen molar-refractivity contribution in [2.24, 2.45) is 0 Å². The predicted octanol–water partition coefficient (Wildman–Crippen LogP) is 1.93. The molecular weight excluding hydrogens is 228 g/mol. The van der Waals surface area contributed by atoms with E-state index < -0.39 is 0 Å². The second-order valence-corrected chi connectivity index (χ2v) is 4.17. The van der Waals surface area contributed by atoms with Crippen molar-refractivity contribution >= 4 is 17.4 Å². The van der Waals surface area contributed by atoms with Crippen LogP contribution in [0.15, 0.2) is 30.3 Å². The molecule has 0 radical (unpaired) electrons. The van der Waals surface area contributed by atoms with Crippen molar-refractivity contribution in [2.75, 3.05) is 11.1 Å². The molecule has 0 atom stereocenters. The van der Waals surface area contributed by atoms with E-state index in [1.807, 2.05) is 32.0 Å². The van der Waals surface area contributed by atoms with E-state index in [0.717, 1.165) is 16.8 Å². The van der Waals surface area contributed by atoms with Crippen LogP contribution < -0.4 is 11.1 Å². The van der Waals surface area contributed by atoms with E-state index in [0.29, 0.717) is 0 Å². The van der Waals surface area contributed by atoms with Gasteiger partial charge in [0, 0.05) is 5.69 Å². The van der Waals surface area contributed by atoms with E-state index in [1.54, 1.807) is 12.1 Å². The van der Waals surface area contributed by atoms with Gasteiger partial charge >= 0.3 is 0 Å². The summed E-state index contributed by atoms with van der Waals surface area (Å²) in [6, 6.07) is 8.92. The highest BCUT2D eigenvalue weighted by Crippen LogP contribution is 2.14. The van der Waals surface area contributed by atoms with E-state index in [1.165, 1.54) is 0 Å². The number of carbonyl (C=O) groups is 1. The third-order valence-electron chi connectivity index (χ3n) is 2.40. The highest BCUT2D eigenvalue weighted by Gasteiger charge is 2.08. The molecule has 18 heavy (non-hydrogen) atoms. The number of hydrogen-bond donors (Lipinski definition) is 2. The van der Waals surface area contributed by atoms with Crippen LogP contribution in [0.25, 0.3) is 0 Å². The number of amides is 1. The highest BCUT2D eigenvalue weighted by molar-refractivity contribution is 6.02. The number of nitrogens with two attached hydrogens (primary N) is 1. The van der Waals surface area contributed by atoms with Gasteiger partial charge in [-0.25, -0.2) is 0 Å². The summed E-state index contributed by atoms with van der Waals surface area (Å²) in [6.07, 6.45) is 0. The molecule has 0 saturated heterocycles. The van der Waals surface area contributed by atoms with Gasteiger partial charge in [0.05, 0.1) is 0 Å². The highest BCUT2D eigenvalue weighted by atomic mass is 16.1. The summed E-state index contributed by atoms with van der Waals surface area (Å²) < 4.78 is 0. The van der Waals surface area contributed by atoms with E-state index in [-0.39, 0.29) is 17.4 Å². The molecule has 5 heteroatoms. The van der Waals surface area contributed by atoms with Gasteiger partial charge in [-0.3, -0.25) is 4.79 Å². The number of aryl methyl sites for hydroxylation is 2. The zero-order chi connectivity index (χ0) is 13.1. The molecule has 0 aliphatic rings. The first-order valence-electron chi connectivity index (χ1n) is 5.53. The van der Waals surface area contributed by atoms with Gasteiger partial charge in [0.25, 0.3) is 5.91 Å². The monoisotopic (exact) mass is 242 g/mol. The van der Waals surface area contributed by atoms with Crippen molar-refractivity contribution in [1.29, 1.82) is 0 Å². The smallest absolute Gasteiger partial charge is 0.276 e. The van der Waals surface area contributed by atoms with Crippen LogP contribution in [0.2, 0.25) is 0 Å². The average Bonchev–Trinajstić information content (AvgIpc) is 2.28. The summed E-state index contributed by atoms with van der Waals surface area (Å²) >= 11 is 0. The van der Waals surface area contributed by atoms with Crippen LogP contribution >= 0.6 is 0 Å². The molecule has 0 aliphatic carbocycles. The quantitative estimate of drug-likeness (QED) is 0.843. The van der Waals surface area contributed by atoms with Gasteiger partial charge in [-0.1, -0.05) is 6.07 Å². The number of rotatable bonds is 2. The number of benzene rings is 1. The number of nitrogen functional groups attached to an aromatic ring is 1. The lowest BCUT2D eigenvalue weighted by atomic mass is 10.1. The molecule has 0 unspecified atom stereocenters. The second-order valence-electron chi connectivity index (χ2n) is 4.17. The van der Waals surface area contributed by atoms with Gasteiger partial charge in [-0.15, -0.1) is 10.2 Å². The fraction of sp³-hybridized carbons (Fsp3) is 0.154. The van der Waals surface area contributed by atoms with Crippen LogP contribution in [-0.2, 0) is 0 Å². The maximum atomic E-state index is 11.9. The van der Waals surface area contributed by atoms with Crippen molar-refractivity contribution in [3.8, 4) is 0 Å². The molecule has 92 valence electrons. The first-order valence-corrected chi connectivity index (χ1v) is 5.53. The molecule has 0 bridgehead atoms. The normalized spacial score (nSPS) is 10.1. The average molecular weight is 242 g/mol. The van der Waals surface area contributed by atoms with E-state index in [9.17, 15) is 4.79 Å². The predicted molar refractivity (Wildman–Crippen MR) is 70.3 cm³/mol. The van der Waals surface area contributed by atoms with E-state index in [4.69, 9.17) is 5.73 Å². The van der Waals surface area contributed by atoms with Crippen LogP contribution in [0, 0.1) is 13.8 Å². The minimum Gasteiger partial charge on any atom is -0.382 e. The molecule has 3 N–H and O–H groups in total. The van der Waals surface area contributed by atoms with Gasteiger partial charge < -0.3 is 11.1 Å². The number of nitrogens with one attached hydrogen (secondary N) is 1. The first-order chi connectivity index (χ1) is 8.54. The molecule has 1 amide bonds. The van der Waals surface area contributed by atoms with Crippen molar-refractivity contribution in [1.82, 2.24) is 10.2 Å². The number of nitrogens with zero attached hydrogens (tertiary/aromatic N) is 2. The Morgan fingerprint density at radius 2 is 1.78 bits per heavy atom. The summed E-state index contributed by atoms with van der Waals surface area (Å²) in [5, 5.41) is 10.2. The molecule has 1 aromatic carbocycles. The van der Waals surface area contributed by atoms with Crippen LogP contribution in [0.3, 0.4) is 0 Å². The largest absolute Gasteiger partial charge is 0.382 e. The first kappa shape index (κ1) is 12.0. The maximum Gasteiger partial charge on any atom is 0.276 e. The topological polar surface area (TPSA) is 80.9 Å². The molecule has 2 aromatic rings. The second kappa shape index (κ2) is 4.83. The van der Waals surface area contributed by atoms with Gasteiger partial charge in [0.1, 0.15) is 5.82 Å². The Morgan fingerprint density at radius 1 is 1.11 bits per heavy atom.